The molecule has 0 aromatic carbocycles. The molecule has 0 heterocycles. The van der Waals surface area contributed by atoms with Gasteiger partial charge in [-0.05, 0) is 26.7 Å². The largest absolute Gasteiger partial charge is 0.397 e. The van der Waals surface area contributed by atoms with Crippen LogP contribution in [0.1, 0.15) is 52.9 Å². The Balaban J connectivity index is 3.46. The third-order valence-electron chi connectivity index (χ3n) is 2.42. The lowest BCUT2D eigenvalue weighted by molar-refractivity contribution is 0.216. The first kappa shape index (κ1) is 15.9. The first-order chi connectivity index (χ1) is 7.85. The molecule has 2 nitrogen and oxygen atoms in total. The van der Waals surface area contributed by atoms with Gasteiger partial charge >= 0.3 is 9.28 Å². The molecule has 0 N–H and O–H groups in total. The third-order valence-corrected chi connectivity index (χ3v) is 4.49. The van der Waals surface area contributed by atoms with Crippen molar-refractivity contribution in [3.05, 3.63) is 12.2 Å². The highest BCUT2D eigenvalue weighted by molar-refractivity contribution is 6.45. The monoisotopic (exact) mass is 244 g/mol. The zero-order valence-electron chi connectivity index (χ0n) is 11.2. The van der Waals surface area contributed by atoms with Crippen LogP contribution in [0.4, 0.5) is 0 Å². The lowest BCUT2D eigenvalue weighted by Crippen LogP contribution is -2.21. The van der Waals surface area contributed by atoms with Crippen molar-refractivity contribution in [1.29, 1.82) is 0 Å². The zero-order chi connectivity index (χ0) is 12.1. The molecule has 0 radical (unpaired) electrons. The van der Waals surface area contributed by atoms with Gasteiger partial charge in [0.15, 0.2) is 0 Å². The van der Waals surface area contributed by atoms with Gasteiger partial charge in [0.05, 0.1) is 0 Å². The molecule has 0 aliphatic rings. The van der Waals surface area contributed by atoms with E-state index in [0.29, 0.717) is 0 Å². The Morgan fingerprint density at radius 2 is 1.56 bits per heavy atom. The van der Waals surface area contributed by atoms with E-state index in [9.17, 15) is 0 Å². The Hall–Kier alpha value is -0.123. The highest BCUT2D eigenvalue weighted by Gasteiger charge is 2.08. The van der Waals surface area contributed by atoms with Crippen LogP contribution in [0.25, 0.3) is 0 Å². The summed E-state index contributed by atoms with van der Waals surface area (Å²) >= 11 is 0. The standard InChI is InChI=1S/C13H28O2Si/c1-4-7-8-9-10-11-12-13-16(14-5-2)15-6-3/h11-12,16H,4-10,13H2,1-3H3. The molecule has 0 saturated heterocycles. The number of hydrogen-bond donors (Lipinski definition) is 0. The molecule has 0 aliphatic carbocycles. The smallest absolute Gasteiger partial charge is 0.325 e. The van der Waals surface area contributed by atoms with Crippen LogP contribution < -0.4 is 0 Å². The van der Waals surface area contributed by atoms with Gasteiger partial charge in [0.1, 0.15) is 0 Å². The summed E-state index contributed by atoms with van der Waals surface area (Å²) in [6.45, 7) is 7.87. The van der Waals surface area contributed by atoms with E-state index >= 15 is 0 Å². The molecule has 3 heteroatoms. The van der Waals surface area contributed by atoms with Crippen LogP contribution in [-0.4, -0.2) is 22.5 Å². The minimum Gasteiger partial charge on any atom is -0.397 e. The Morgan fingerprint density at radius 1 is 0.875 bits per heavy atom. The zero-order valence-corrected chi connectivity index (χ0v) is 12.4. The van der Waals surface area contributed by atoms with Crippen LogP contribution >= 0.6 is 0 Å². The van der Waals surface area contributed by atoms with Crippen LogP contribution in [0.5, 0.6) is 0 Å². The summed E-state index contributed by atoms with van der Waals surface area (Å²) in [4.78, 5) is 0. The Morgan fingerprint density at radius 3 is 2.12 bits per heavy atom. The van der Waals surface area contributed by atoms with E-state index in [-0.39, 0.29) is 0 Å². The maximum absolute atomic E-state index is 5.59. The molecule has 0 rings (SSSR count). The van der Waals surface area contributed by atoms with E-state index in [2.05, 4.69) is 19.1 Å². The summed E-state index contributed by atoms with van der Waals surface area (Å²) in [5, 5.41) is 0. The summed E-state index contributed by atoms with van der Waals surface area (Å²) in [5.41, 5.74) is 0. The van der Waals surface area contributed by atoms with Crippen LogP contribution in [0.15, 0.2) is 12.2 Å². The molecule has 0 bridgehead atoms. The van der Waals surface area contributed by atoms with E-state index in [4.69, 9.17) is 8.85 Å². The Kier molecular flexibility index (Phi) is 12.8. The predicted molar refractivity (Wildman–Crippen MR) is 73.1 cm³/mol. The van der Waals surface area contributed by atoms with Crippen molar-refractivity contribution in [3.63, 3.8) is 0 Å². The first-order valence-electron chi connectivity index (χ1n) is 6.73. The topological polar surface area (TPSA) is 18.5 Å². The second-order valence-electron chi connectivity index (χ2n) is 3.90. The molecule has 0 saturated carbocycles. The van der Waals surface area contributed by atoms with Gasteiger partial charge in [0.25, 0.3) is 0 Å². The van der Waals surface area contributed by atoms with E-state index < -0.39 is 9.28 Å². The molecule has 0 unspecified atom stereocenters. The molecule has 0 spiro atoms. The molecule has 0 aliphatic heterocycles. The van der Waals surface area contributed by atoms with E-state index in [1.807, 2.05) is 13.8 Å². The summed E-state index contributed by atoms with van der Waals surface area (Å²) in [6, 6.07) is 1.01. The molecule has 0 aromatic rings. The van der Waals surface area contributed by atoms with Crippen molar-refractivity contribution in [2.75, 3.05) is 13.2 Å². The van der Waals surface area contributed by atoms with Gasteiger partial charge in [-0.1, -0.05) is 38.3 Å². The second kappa shape index (κ2) is 12.9. The van der Waals surface area contributed by atoms with Gasteiger partial charge < -0.3 is 8.85 Å². The molecule has 16 heavy (non-hydrogen) atoms. The molecule has 0 aromatic heterocycles. The fraction of sp³-hybridized carbons (Fsp3) is 0.846. The van der Waals surface area contributed by atoms with Crippen molar-refractivity contribution in [2.45, 2.75) is 58.9 Å². The lowest BCUT2D eigenvalue weighted by Gasteiger charge is -2.12. The van der Waals surface area contributed by atoms with E-state index in [0.717, 1.165) is 19.3 Å². The summed E-state index contributed by atoms with van der Waals surface area (Å²) in [5.74, 6) is 0. The van der Waals surface area contributed by atoms with Gasteiger partial charge in [-0.2, -0.15) is 0 Å². The summed E-state index contributed by atoms with van der Waals surface area (Å²) in [6.07, 6.45) is 11.1. The summed E-state index contributed by atoms with van der Waals surface area (Å²) < 4.78 is 11.2. The molecular formula is C13H28O2Si. The SMILES string of the molecule is CCCCCCC=CC[SiH](OCC)OCC. The van der Waals surface area contributed by atoms with Crippen molar-refractivity contribution in [1.82, 2.24) is 0 Å². The normalized spacial score (nSPS) is 11.8. The van der Waals surface area contributed by atoms with E-state index in [1.165, 1.54) is 32.1 Å². The Labute approximate surface area is 103 Å². The van der Waals surface area contributed by atoms with Crippen LogP contribution in [0.2, 0.25) is 6.04 Å². The molecule has 0 fully saturated rings. The van der Waals surface area contributed by atoms with Gasteiger partial charge in [-0.3, -0.25) is 0 Å². The second-order valence-corrected chi connectivity index (χ2v) is 5.89. The van der Waals surface area contributed by atoms with Gasteiger partial charge in [0, 0.05) is 19.3 Å². The van der Waals surface area contributed by atoms with Crippen molar-refractivity contribution >= 4 is 9.28 Å². The fourth-order valence-electron chi connectivity index (χ4n) is 1.57. The molecule has 96 valence electrons. The van der Waals surface area contributed by atoms with Gasteiger partial charge in [-0.15, -0.1) is 0 Å². The van der Waals surface area contributed by atoms with Gasteiger partial charge in [0.2, 0.25) is 0 Å². The van der Waals surface area contributed by atoms with Crippen molar-refractivity contribution in [2.24, 2.45) is 0 Å². The highest BCUT2D eigenvalue weighted by atomic mass is 28.3. The molecule has 0 amide bonds. The number of hydrogen-bond acceptors (Lipinski definition) is 2. The molecule has 0 atom stereocenters. The minimum absolute atomic E-state index is 0.779. The summed E-state index contributed by atoms with van der Waals surface area (Å²) in [7, 11) is -1.39. The minimum atomic E-state index is -1.39. The maximum Gasteiger partial charge on any atom is 0.325 e. The average Bonchev–Trinajstić information content (AvgIpc) is 2.28. The van der Waals surface area contributed by atoms with E-state index in [1.54, 1.807) is 0 Å². The number of allylic oxidation sites excluding steroid dienone is 2. The number of unbranched alkanes of at least 4 members (excludes halogenated alkanes) is 4. The van der Waals surface area contributed by atoms with Crippen molar-refractivity contribution < 1.29 is 8.85 Å². The van der Waals surface area contributed by atoms with Crippen LogP contribution in [0, 0.1) is 0 Å². The quantitative estimate of drug-likeness (QED) is 0.313. The van der Waals surface area contributed by atoms with Crippen LogP contribution in [-0.2, 0) is 8.85 Å². The Bertz CT molecular complexity index is 154. The van der Waals surface area contributed by atoms with Crippen molar-refractivity contribution in [3.8, 4) is 0 Å². The highest BCUT2D eigenvalue weighted by Crippen LogP contribution is 2.05. The van der Waals surface area contributed by atoms with Gasteiger partial charge in [-0.25, -0.2) is 0 Å². The number of rotatable bonds is 11. The lowest BCUT2D eigenvalue weighted by atomic mass is 10.1. The maximum atomic E-state index is 5.59. The molecular weight excluding hydrogens is 216 g/mol. The van der Waals surface area contributed by atoms with Crippen LogP contribution in [0.3, 0.4) is 0 Å². The fourth-order valence-corrected chi connectivity index (χ4v) is 3.10. The third kappa shape index (κ3) is 10.4. The average molecular weight is 244 g/mol. The first-order valence-corrected chi connectivity index (χ1v) is 8.49. The predicted octanol–water partition coefficient (Wildman–Crippen LogP) is 3.81.